The van der Waals surface area contributed by atoms with Gasteiger partial charge in [-0.3, -0.25) is 14.3 Å². The second-order valence-electron chi connectivity index (χ2n) is 7.72. The van der Waals surface area contributed by atoms with Crippen molar-refractivity contribution in [3.63, 3.8) is 0 Å². The van der Waals surface area contributed by atoms with Crippen molar-refractivity contribution in [2.75, 3.05) is 20.3 Å². The summed E-state index contributed by atoms with van der Waals surface area (Å²) in [5.74, 6) is -0.246. The van der Waals surface area contributed by atoms with Gasteiger partial charge in [-0.25, -0.2) is 0 Å². The van der Waals surface area contributed by atoms with Crippen LogP contribution in [-0.4, -0.2) is 58.3 Å². The number of carbonyl (C=O) groups is 2. The van der Waals surface area contributed by atoms with E-state index in [0.717, 1.165) is 30.5 Å². The van der Waals surface area contributed by atoms with Crippen LogP contribution in [0.15, 0.2) is 36.4 Å². The highest BCUT2D eigenvalue weighted by Gasteiger charge is 2.53. The lowest BCUT2D eigenvalue weighted by Gasteiger charge is -2.43. The molecule has 1 N–H and O–H groups in total. The van der Waals surface area contributed by atoms with Crippen molar-refractivity contribution in [2.45, 2.75) is 44.3 Å². The summed E-state index contributed by atoms with van der Waals surface area (Å²) in [7, 11) is 1.64. The molecule has 1 aromatic heterocycles. The van der Waals surface area contributed by atoms with Crippen LogP contribution >= 0.6 is 0 Å². The van der Waals surface area contributed by atoms with Gasteiger partial charge < -0.3 is 15.0 Å². The van der Waals surface area contributed by atoms with E-state index in [1.807, 2.05) is 43.3 Å². The molecule has 4 rings (SSSR count). The minimum absolute atomic E-state index is 0.113. The molecule has 2 aromatic rings. The molecule has 0 radical (unpaired) electrons. The zero-order valence-electron chi connectivity index (χ0n) is 16.4. The predicted molar refractivity (Wildman–Crippen MR) is 105 cm³/mol. The van der Waals surface area contributed by atoms with E-state index < -0.39 is 5.54 Å². The van der Waals surface area contributed by atoms with E-state index in [2.05, 4.69) is 10.4 Å². The van der Waals surface area contributed by atoms with Crippen LogP contribution in [-0.2, 0) is 16.1 Å². The summed E-state index contributed by atoms with van der Waals surface area (Å²) in [6.45, 7) is 3.32. The second kappa shape index (κ2) is 7.39. The fourth-order valence-electron chi connectivity index (χ4n) is 3.87. The average molecular weight is 382 g/mol. The Morgan fingerprint density at radius 2 is 2.07 bits per heavy atom. The van der Waals surface area contributed by atoms with Crippen molar-refractivity contribution in [3.05, 3.63) is 42.1 Å². The standard InChI is InChI=1S/C21H26N4O3/c1-21(20(27)22-11-6-12-28-2)14-24-18(19(26)25(21)16-9-10-16)13-17(23-24)15-7-4-3-5-8-15/h3-5,7-8,13,16H,6,9-12,14H2,1-2H3,(H,22,27). The number of rotatable bonds is 7. The van der Waals surface area contributed by atoms with Crippen LogP contribution in [0.5, 0.6) is 0 Å². The highest BCUT2D eigenvalue weighted by molar-refractivity contribution is 6.00. The summed E-state index contributed by atoms with van der Waals surface area (Å²) in [4.78, 5) is 28.2. The van der Waals surface area contributed by atoms with Crippen LogP contribution < -0.4 is 5.32 Å². The number of ether oxygens (including phenoxy) is 1. The molecule has 28 heavy (non-hydrogen) atoms. The van der Waals surface area contributed by atoms with E-state index in [1.54, 1.807) is 16.7 Å². The summed E-state index contributed by atoms with van der Waals surface area (Å²) < 4.78 is 6.73. The molecule has 0 saturated heterocycles. The lowest BCUT2D eigenvalue weighted by molar-refractivity contribution is -0.133. The molecule has 1 unspecified atom stereocenters. The fraction of sp³-hybridized carbons (Fsp3) is 0.476. The smallest absolute Gasteiger partial charge is 0.273 e. The zero-order chi connectivity index (χ0) is 19.7. The van der Waals surface area contributed by atoms with Gasteiger partial charge in [-0.2, -0.15) is 5.10 Å². The summed E-state index contributed by atoms with van der Waals surface area (Å²) in [6.07, 6.45) is 2.62. The summed E-state index contributed by atoms with van der Waals surface area (Å²) in [5.41, 5.74) is 1.32. The molecule has 2 amide bonds. The first kappa shape index (κ1) is 18.7. The maximum Gasteiger partial charge on any atom is 0.273 e. The van der Waals surface area contributed by atoms with Crippen LogP contribution in [0.1, 0.15) is 36.7 Å². The number of benzene rings is 1. The van der Waals surface area contributed by atoms with E-state index >= 15 is 0 Å². The Labute approximate surface area is 164 Å². The summed E-state index contributed by atoms with van der Waals surface area (Å²) >= 11 is 0. The second-order valence-corrected chi connectivity index (χ2v) is 7.72. The van der Waals surface area contributed by atoms with Gasteiger partial charge in [0.15, 0.2) is 0 Å². The third-order valence-corrected chi connectivity index (χ3v) is 5.49. The molecule has 1 atom stereocenters. The Morgan fingerprint density at radius 1 is 1.32 bits per heavy atom. The molecule has 2 aliphatic rings. The van der Waals surface area contributed by atoms with Crippen molar-refractivity contribution in [1.29, 1.82) is 0 Å². The molecule has 7 nitrogen and oxygen atoms in total. The van der Waals surface area contributed by atoms with Gasteiger partial charge in [-0.1, -0.05) is 30.3 Å². The molecule has 0 spiro atoms. The van der Waals surface area contributed by atoms with E-state index in [0.29, 0.717) is 25.4 Å². The fourth-order valence-corrected chi connectivity index (χ4v) is 3.87. The number of hydrogen-bond acceptors (Lipinski definition) is 4. The number of nitrogens with zero attached hydrogens (tertiary/aromatic N) is 3. The first-order chi connectivity index (χ1) is 13.5. The van der Waals surface area contributed by atoms with Crippen LogP contribution in [0.2, 0.25) is 0 Å². The molecule has 1 aromatic carbocycles. The summed E-state index contributed by atoms with van der Waals surface area (Å²) in [6, 6.07) is 11.8. The third kappa shape index (κ3) is 3.30. The number of aromatic nitrogens is 2. The molecule has 2 heterocycles. The van der Waals surface area contributed by atoms with Crippen molar-refractivity contribution >= 4 is 11.8 Å². The number of fused-ring (bicyclic) bond motifs is 1. The van der Waals surface area contributed by atoms with Gasteiger partial charge in [0.1, 0.15) is 11.2 Å². The molecule has 1 saturated carbocycles. The van der Waals surface area contributed by atoms with E-state index in [1.165, 1.54) is 0 Å². The van der Waals surface area contributed by atoms with Gasteiger partial charge in [0.05, 0.1) is 12.2 Å². The molecule has 1 fully saturated rings. The Hall–Kier alpha value is -2.67. The van der Waals surface area contributed by atoms with Gasteiger partial charge in [-0.15, -0.1) is 0 Å². The first-order valence-electron chi connectivity index (χ1n) is 9.79. The highest BCUT2D eigenvalue weighted by atomic mass is 16.5. The SMILES string of the molecule is COCCCNC(=O)C1(C)Cn2nc(-c3ccccc3)cc2C(=O)N1C1CC1. The molecule has 1 aliphatic carbocycles. The van der Waals surface area contributed by atoms with Gasteiger partial charge >= 0.3 is 0 Å². The largest absolute Gasteiger partial charge is 0.385 e. The lowest BCUT2D eigenvalue weighted by Crippen LogP contribution is -2.64. The monoisotopic (exact) mass is 382 g/mol. The Bertz CT molecular complexity index is 875. The molecule has 7 heteroatoms. The van der Waals surface area contributed by atoms with Gasteiger partial charge in [0.25, 0.3) is 5.91 Å². The Morgan fingerprint density at radius 3 is 2.75 bits per heavy atom. The summed E-state index contributed by atoms with van der Waals surface area (Å²) in [5, 5.41) is 7.62. The first-order valence-corrected chi connectivity index (χ1v) is 9.79. The number of carbonyl (C=O) groups excluding carboxylic acids is 2. The lowest BCUT2D eigenvalue weighted by atomic mass is 9.94. The van der Waals surface area contributed by atoms with Crippen LogP contribution in [0.25, 0.3) is 11.3 Å². The van der Waals surface area contributed by atoms with Gasteiger partial charge in [-0.05, 0) is 32.3 Å². The van der Waals surface area contributed by atoms with Gasteiger partial charge in [0, 0.05) is 31.9 Å². The van der Waals surface area contributed by atoms with Crippen LogP contribution in [0, 0.1) is 0 Å². The maximum atomic E-state index is 13.3. The molecule has 0 bridgehead atoms. The molecular weight excluding hydrogens is 356 g/mol. The number of nitrogens with one attached hydrogen (secondary N) is 1. The van der Waals surface area contributed by atoms with Crippen LogP contribution in [0.4, 0.5) is 0 Å². The van der Waals surface area contributed by atoms with E-state index in [9.17, 15) is 9.59 Å². The minimum atomic E-state index is -0.946. The minimum Gasteiger partial charge on any atom is -0.385 e. The number of amides is 2. The highest BCUT2D eigenvalue weighted by Crippen LogP contribution is 2.38. The van der Waals surface area contributed by atoms with E-state index in [4.69, 9.17) is 4.74 Å². The molecular formula is C21H26N4O3. The van der Waals surface area contributed by atoms with Gasteiger partial charge in [0.2, 0.25) is 5.91 Å². The number of hydrogen-bond donors (Lipinski definition) is 1. The van der Waals surface area contributed by atoms with E-state index in [-0.39, 0.29) is 17.9 Å². The zero-order valence-corrected chi connectivity index (χ0v) is 16.4. The maximum absolute atomic E-state index is 13.3. The van der Waals surface area contributed by atoms with Crippen molar-refractivity contribution in [2.24, 2.45) is 0 Å². The Balaban J connectivity index is 1.63. The predicted octanol–water partition coefficient (Wildman–Crippen LogP) is 2.08. The number of methoxy groups -OCH3 is 1. The Kier molecular flexibility index (Phi) is 4.93. The topological polar surface area (TPSA) is 76.5 Å². The quantitative estimate of drug-likeness (QED) is 0.744. The van der Waals surface area contributed by atoms with Crippen molar-refractivity contribution in [1.82, 2.24) is 20.0 Å². The molecule has 1 aliphatic heterocycles. The molecule has 148 valence electrons. The average Bonchev–Trinajstić information content (AvgIpc) is 3.43. The van der Waals surface area contributed by atoms with Crippen LogP contribution in [0.3, 0.4) is 0 Å². The third-order valence-electron chi connectivity index (χ3n) is 5.49. The van der Waals surface area contributed by atoms with Crippen molar-refractivity contribution in [3.8, 4) is 11.3 Å². The normalized spacial score (nSPS) is 21.5. The van der Waals surface area contributed by atoms with Crippen molar-refractivity contribution < 1.29 is 14.3 Å².